The van der Waals surface area contributed by atoms with Crippen molar-refractivity contribution in [3.8, 4) is 11.5 Å². The van der Waals surface area contributed by atoms with Gasteiger partial charge in [-0.2, -0.15) is 0 Å². The molecule has 152 valence electrons. The summed E-state index contributed by atoms with van der Waals surface area (Å²) >= 11 is 0. The van der Waals surface area contributed by atoms with Gasteiger partial charge in [0.15, 0.2) is 11.5 Å². The predicted molar refractivity (Wildman–Crippen MR) is 109 cm³/mol. The molecule has 0 aliphatic rings. The average molecular weight is 377 g/mol. The van der Waals surface area contributed by atoms with Gasteiger partial charge in [-0.15, -0.1) is 0 Å². The van der Waals surface area contributed by atoms with Crippen LogP contribution in [0.2, 0.25) is 0 Å². The average Bonchev–Trinajstić information content (AvgIpc) is 2.67. The Morgan fingerprint density at radius 3 is 1.85 bits per heavy atom. The van der Waals surface area contributed by atoms with Crippen LogP contribution in [0.5, 0.6) is 11.5 Å². The van der Waals surface area contributed by atoms with Crippen molar-refractivity contribution in [1.29, 1.82) is 0 Å². The fourth-order valence-electron chi connectivity index (χ4n) is 3.00. The Hall–Kier alpha value is -1.84. The van der Waals surface area contributed by atoms with Crippen LogP contribution >= 0.6 is 0 Å². The summed E-state index contributed by atoms with van der Waals surface area (Å²) in [6.45, 7) is 6.35. The number of rotatable bonds is 14. The molecule has 0 aromatic heterocycles. The summed E-state index contributed by atoms with van der Waals surface area (Å²) in [6.07, 6.45) is 10.7. The molecule has 0 amide bonds. The first-order valence-corrected chi connectivity index (χ1v) is 10.6. The van der Waals surface area contributed by atoms with Gasteiger partial charge in [0.1, 0.15) is 0 Å². The molecule has 1 aromatic carbocycles. The lowest BCUT2D eigenvalue weighted by Crippen LogP contribution is -2.15. The van der Waals surface area contributed by atoms with Crippen LogP contribution in [0.4, 0.5) is 0 Å². The van der Waals surface area contributed by atoms with E-state index in [1.807, 2.05) is 0 Å². The van der Waals surface area contributed by atoms with E-state index in [0.717, 1.165) is 32.1 Å². The number of benzene rings is 1. The van der Waals surface area contributed by atoms with E-state index < -0.39 is 0 Å². The van der Waals surface area contributed by atoms with Crippen molar-refractivity contribution < 1.29 is 19.1 Å². The molecule has 1 aromatic rings. The Bertz CT molecular complexity index is 549. The van der Waals surface area contributed by atoms with Gasteiger partial charge in [-0.1, -0.05) is 84.3 Å². The normalized spacial score (nSPS) is 10.8. The predicted octanol–water partition coefficient (Wildman–Crippen LogP) is 6.46. The van der Waals surface area contributed by atoms with Gasteiger partial charge < -0.3 is 9.47 Å². The summed E-state index contributed by atoms with van der Waals surface area (Å²) in [6, 6.07) is 6.88. The van der Waals surface area contributed by atoms with Gasteiger partial charge in [-0.05, 0) is 24.5 Å². The van der Waals surface area contributed by atoms with Gasteiger partial charge in [0.25, 0.3) is 0 Å². The maximum absolute atomic E-state index is 12.1. The van der Waals surface area contributed by atoms with E-state index in [2.05, 4.69) is 20.8 Å². The van der Waals surface area contributed by atoms with Crippen LogP contribution in [-0.4, -0.2) is 11.9 Å². The van der Waals surface area contributed by atoms with Crippen LogP contribution in [0.25, 0.3) is 0 Å². The maximum atomic E-state index is 12.1. The highest BCUT2D eigenvalue weighted by molar-refractivity contribution is 5.76. The minimum Gasteiger partial charge on any atom is -0.423 e. The van der Waals surface area contributed by atoms with E-state index in [9.17, 15) is 9.59 Å². The van der Waals surface area contributed by atoms with E-state index >= 15 is 0 Å². The minimum atomic E-state index is -0.278. The topological polar surface area (TPSA) is 52.6 Å². The molecule has 0 aliphatic heterocycles. The Morgan fingerprint density at radius 2 is 1.30 bits per heavy atom. The second kappa shape index (κ2) is 14.2. The van der Waals surface area contributed by atoms with Crippen LogP contribution in [0.1, 0.15) is 91.4 Å². The second-order valence-corrected chi connectivity index (χ2v) is 7.15. The number of carbonyl (C=O) groups excluding carboxylic acids is 2. The lowest BCUT2D eigenvalue weighted by atomic mass is 10.00. The number of hydrogen-bond acceptors (Lipinski definition) is 4. The number of para-hydroxylation sites is 2. The number of esters is 2. The highest BCUT2D eigenvalue weighted by atomic mass is 16.6. The third kappa shape index (κ3) is 10.2. The molecule has 4 heteroatoms. The molecule has 0 aliphatic carbocycles. The molecule has 1 rings (SSSR count). The standard InChI is InChI=1S/C23H36O4/c1-4-7-8-9-10-11-12-17-22(24)26-20-15-13-14-16-21(20)27-23(25)18-19(5-2)6-3/h13-16,19H,4-12,17-18H2,1-3H3. The minimum absolute atomic E-state index is 0.271. The van der Waals surface area contributed by atoms with Crippen molar-refractivity contribution in [3.05, 3.63) is 24.3 Å². The fraction of sp³-hybridized carbons (Fsp3) is 0.652. The van der Waals surface area contributed by atoms with Crippen molar-refractivity contribution >= 4 is 11.9 Å². The molecule has 4 nitrogen and oxygen atoms in total. The van der Waals surface area contributed by atoms with E-state index in [4.69, 9.17) is 9.47 Å². The third-order valence-electron chi connectivity index (χ3n) is 4.89. The molecule has 0 unspecified atom stereocenters. The van der Waals surface area contributed by atoms with Gasteiger partial charge in [0, 0.05) is 12.8 Å². The second-order valence-electron chi connectivity index (χ2n) is 7.15. The first kappa shape index (κ1) is 23.2. The van der Waals surface area contributed by atoms with E-state index in [1.54, 1.807) is 24.3 Å². The number of unbranched alkanes of at least 4 members (excludes halogenated alkanes) is 6. The molecule has 0 fully saturated rings. The molecule has 0 heterocycles. The molecule has 0 bridgehead atoms. The summed E-state index contributed by atoms with van der Waals surface area (Å²) in [5.41, 5.74) is 0. The maximum Gasteiger partial charge on any atom is 0.311 e. The zero-order chi connectivity index (χ0) is 19.9. The summed E-state index contributed by atoms with van der Waals surface area (Å²) in [7, 11) is 0. The zero-order valence-corrected chi connectivity index (χ0v) is 17.3. The van der Waals surface area contributed by atoms with Gasteiger partial charge in [-0.25, -0.2) is 0 Å². The number of ether oxygens (including phenoxy) is 2. The molecule has 0 saturated heterocycles. The van der Waals surface area contributed by atoms with Crippen LogP contribution in [0.15, 0.2) is 24.3 Å². The first-order chi connectivity index (χ1) is 13.1. The van der Waals surface area contributed by atoms with Crippen molar-refractivity contribution in [3.63, 3.8) is 0 Å². The SMILES string of the molecule is CCCCCCCCCC(=O)Oc1ccccc1OC(=O)CC(CC)CC. The molecule has 0 atom stereocenters. The van der Waals surface area contributed by atoms with Crippen LogP contribution < -0.4 is 9.47 Å². The van der Waals surface area contributed by atoms with Gasteiger partial charge in [-0.3, -0.25) is 9.59 Å². The molecular formula is C23H36O4. The summed E-state index contributed by atoms with van der Waals surface area (Å²) < 4.78 is 10.9. The zero-order valence-electron chi connectivity index (χ0n) is 17.3. The lowest BCUT2D eigenvalue weighted by Gasteiger charge is -2.13. The van der Waals surface area contributed by atoms with E-state index in [1.165, 1.54) is 25.7 Å². The van der Waals surface area contributed by atoms with Crippen molar-refractivity contribution in [2.75, 3.05) is 0 Å². The van der Waals surface area contributed by atoms with Gasteiger partial charge in [0.05, 0.1) is 0 Å². The van der Waals surface area contributed by atoms with E-state index in [0.29, 0.717) is 30.3 Å². The third-order valence-corrected chi connectivity index (χ3v) is 4.89. The van der Waals surface area contributed by atoms with Crippen LogP contribution in [0, 0.1) is 5.92 Å². The van der Waals surface area contributed by atoms with Crippen LogP contribution in [0.3, 0.4) is 0 Å². The quantitative estimate of drug-likeness (QED) is 0.212. The van der Waals surface area contributed by atoms with Crippen molar-refractivity contribution in [2.45, 2.75) is 91.4 Å². The number of hydrogen-bond donors (Lipinski definition) is 0. The Balaban J connectivity index is 2.42. The van der Waals surface area contributed by atoms with Crippen molar-refractivity contribution in [1.82, 2.24) is 0 Å². The largest absolute Gasteiger partial charge is 0.423 e. The highest BCUT2D eigenvalue weighted by Gasteiger charge is 2.16. The van der Waals surface area contributed by atoms with E-state index in [-0.39, 0.29) is 11.9 Å². The molecular weight excluding hydrogens is 340 g/mol. The summed E-state index contributed by atoms with van der Waals surface area (Å²) in [5, 5.41) is 0. The summed E-state index contributed by atoms with van der Waals surface area (Å²) in [4.78, 5) is 24.2. The van der Waals surface area contributed by atoms with Crippen LogP contribution in [-0.2, 0) is 9.59 Å². The first-order valence-electron chi connectivity index (χ1n) is 10.6. The highest BCUT2D eigenvalue weighted by Crippen LogP contribution is 2.28. The van der Waals surface area contributed by atoms with Gasteiger partial charge in [0.2, 0.25) is 0 Å². The van der Waals surface area contributed by atoms with Gasteiger partial charge >= 0.3 is 11.9 Å². The monoisotopic (exact) mass is 376 g/mol. The molecule has 0 saturated carbocycles. The Morgan fingerprint density at radius 1 is 0.778 bits per heavy atom. The fourth-order valence-corrected chi connectivity index (χ4v) is 3.00. The Labute approximate surface area is 164 Å². The summed E-state index contributed by atoms with van der Waals surface area (Å²) in [5.74, 6) is 0.417. The smallest absolute Gasteiger partial charge is 0.311 e. The molecule has 0 spiro atoms. The molecule has 27 heavy (non-hydrogen) atoms. The lowest BCUT2D eigenvalue weighted by molar-refractivity contribution is -0.137. The van der Waals surface area contributed by atoms with Crippen molar-refractivity contribution in [2.24, 2.45) is 5.92 Å². The Kier molecular flexibility index (Phi) is 12.2. The number of carbonyl (C=O) groups is 2. The molecule has 0 N–H and O–H groups in total. The molecule has 0 radical (unpaired) electrons.